The van der Waals surface area contributed by atoms with Gasteiger partial charge in [0.05, 0.1) is 22.4 Å². The molecule has 0 bridgehead atoms. The van der Waals surface area contributed by atoms with Crippen LogP contribution in [-0.2, 0) is 18.3 Å². The average molecular weight is 762 g/mol. The van der Waals surface area contributed by atoms with Crippen LogP contribution in [0.15, 0.2) is 81.7 Å². The summed E-state index contributed by atoms with van der Waals surface area (Å²) in [6.07, 6.45) is 0. The molecule has 0 fully saturated rings. The molecular weight excluding hydrogens is 737 g/mol. The Balaban J connectivity index is 0.000000156. The number of carbonyl (C=O) groups is 1. The smallest absolute Gasteiger partial charge is 0.550 e. The molecule has 0 unspecified atom stereocenters. The van der Waals surface area contributed by atoms with Gasteiger partial charge in [-0.25, -0.2) is 8.78 Å². The van der Waals surface area contributed by atoms with E-state index in [1.807, 2.05) is 89.7 Å². The van der Waals surface area contributed by atoms with Crippen molar-refractivity contribution < 1.29 is 79.5 Å². The van der Waals surface area contributed by atoms with Crippen LogP contribution in [0.25, 0.3) is 44.3 Å². The number of nitrogens with zero attached hydrogens (tertiary/aromatic N) is 2. The van der Waals surface area contributed by atoms with Crippen molar-refractivity contribution in [2.45, 2.75) is 34.2 Å². The minimum atomic E-state index is -1.08. The monoisotopic (exact) mass is 760 g/mol. The van der Waals surface area contributed by atoms with E-state index in [1.54, 1.807) is 6.07 Å². The van der Waals surface area contributed by atoms with Gasteiger partial charge in [-0.05, 0) is 87.0 Å². The van der Waals surface area contributed by atoms with Crippen LogP contribution in [0.1, 0.15) is 18.1 Å². The van der Waals surface area contributed by atoms with Gasteiger partial charge in [-0.3, -0.25) is 0 Å². The summed E-state index contributed by atoms with van der Waals surface area (Å²) in [6, 6.07) is 23.0. The molecule has 6 nitrogen and oxygen atoms in total. The Bertz CT molecular complexity index is 1960. The maximum atomic E-state index is 14.8. The number of hydrogen-bond acceptors (Lipinski definition) is 4. The van der Waals surface area contributed by atoms with E-state index in [4.69, 9.17) is 19.4 Å². The quantitative estimate of drug-likeness (QED) is 0.192. The van der Waals surface area contributed by atoms with E-state index in [1.165, 1.54) is 0 Å². The molecule has 224 valence electrons. The largest absolute Gasteiger partial charge is 1.00 e. The zero-order valence-electron chi connectivity index (χ0n) is 24.9. The van der Waals surface area contributed by atoms with E-state index in [0.29, 0.717) is 41.4 Å². The molecule has 45 heavy (non-hydrogen) atoms. The van der Waals surface area contributed by atoms with Gasteiger partial charge in [0.25, 0.3) is 0 Å². The molecule has 0 amide bonds. The molecule has 0 saturated carbocycles. The van der Waals surface area contributed by atoms with Crippen LogP contribution in [0.2, 0.25) is 0 Å². The second-order valence-corrected chi connectivity index (χ2v) is 12.4. The van der Waals surface area contributed by atoms with Crippen molar-refractivity contribution in [1.82, 2.24) is 9.13 Å². The van der Waals surface area contributed by atoms with Crippen molar-refractivity contribution in [3.05, 3.63) is 105 Å². The Morgan fingerprint density at radius 2 is 1.13 bits per heavy atom. The van der Waals surface area contributed by atoms with Gasteiger partial charge in [0.15, 0.2) is 25.1 Å². The average Bonchev–Trinajstić information content (AvgIpc) is 3.43. The van der Waals surface area contributed by atoms with E-state index >= 15 is 0 Å². The molecule has 2 aromatic heterocycles. The van der Waals surface area contributed by atoms with Crippen LogP contribution >= 0.6 is 31.9 Å². The summed E-state index contributed by atoms with van der Waals surface area (Å²) < 4.78 is 46.6. The number of aromatic nitrogens is 2. The summed E-state index contributed by atoms with van der Waals surface area (Å²) in [5, 5.41) is 10.2. The Labute approximate surface area is 317 Å². The first kappa shape index (κ1) is 33.8. The molecule has 2 aliphatic rings. The Morgan fingerprint density at radius 3 is 1.73 bits per heavy atom. The first-order chi connectivity index (χ1) is 21.0. The van der Waals surface area contributed by atoms with Crippen LogP contribution in [0, 0.1) is 25.5 Å². The van der Waals surface area contributed by atoms with E-state index in [-0.39, 0.29) is 63.0 Å². The third-order valence-corrected chi connectivity index (χ3v) is 8.40. The van der Waals surface area contributed by atoms with Crippen molar-refractivity contribution in [2.24, 2.45) is 0 Å². The molecule has 0 atom stereocenters. The number of carboxylic acid groups (broad SMARTS) is 1. The third-order valence-electron chi connectivity index (χ3n) is 7.41. The topological polar surface area (TPSA) is 68.5 Å². The Hall–Kier alpha value is -2.51. The Morgan fingerprint density at radius 1 is 0.711 bits per heavy atom. The number of aryl methyl sites for hydroxylation is 2. The zero-order chi connectivity index (χ0) is 31.3. The maximum absolute atomic E-state index is 14.8. The molecule has 4 heterocycles. The molecule has 0 aliphatic carbocycles. The van der Waals surface area contributed by atoms with Gasteiger partial charge >= 0.3 is 51.4 Å². The molecule has 6 aromatic rings. The summed E-state index contributed by atoms with van der Waals surface area (Å²) in [6.45, 7) is 5.63. The second-order valence-electron chi connectivity index (χ2n) is 10.5. The van der Waals surface area contributed by atoms with Crippen LogP contribution in [0.3, 0.4) is 0 Å². The molecule has 2 aliphatic heterocycles. The molecule has 11 heteroatoms. The van der Waals surface area contributed by atoms with Crippen molar-refractivity contribution >= 4 is 59.6 Å². The fourth-order valence-corrected chi connectivity index (χ4v) is 6.23. The van der Waals surface area contributed by atoms with Gasteiger partial charge < -0.3 is 28.5 Å². The first-order valence-corrected chi connectivity index (χ1v) is 15.2. The number of rotatable bonds is 0. The number of halogens is 4. The molecule has 0 radical (unpaired) electrons. The SMILES string of the molecule is CC(=O)[O-].Cc1ccc2c(c1)OCn1c-2c(F)c2cc(C)ccc21.Fc1c2n(c3ccc(Br)cc13)COc1cc(Br)ccc1-2.[K+]. The molecule has 0 saturated heterocycles. The van der Waals surface area contributed by atoms with Crippen molar-refractivity contribution in [3.63, 3.8) is 0 Å². The number of ether oxygens (including phenoxy) is 2. The van der Waals surface area contributed by atoms with Gasteiger partial charge in [-0.15, -0.1) is 0 Å². The van der Waals surface area contributed by atoms with Crippen LogP contribution in [0.4, 0.5) is 8.78 Å². The number of carbonyl (C=O) groups excluding carboxylic acids is 1. The van der Waals surface area contributed by atoms with E-state index in [2.05, 4.69) is 31.9 Å². The summed E-state index contributed by atoms with van der Waals surface area (Å²) in [5.41, 5.74) is 6.73. The maximum Gasteiger partial charge on any atom is 1.00 e. The standard InChI is InChI=1S/C17H14FNO.C15H8Br2FNO.C2H4O2.K/c1-10-4-6-14-13(7-10)16(18)17-12-5-3-11(2)8-15(12)20-9-19(14)17;16-8-2-4-12-11(5-8)14(18)15-10-3-1-9(17)6-13(10)20-7-19(12)15;1-2(3)4;/h3-8H,9H2,1-2H3;1-6H,7H2;1H3,(H,3,4);/q;;;+1/p-1. The number of benzene rings is 4. The summed E-state index contributed by atoms with van der Waals surface area (Å²) in [4.78, 5) is 8.89. The number of carboxylic acids is 1. The first-order valence-electron chi connectivity index (χ1n) is 13.6. The summed E-state index contributed by atoms with van der Waals surface area (Å²) >= 11 is 6.79. The third kappa shape index (κ3) is 6.54. The number of aliphatic carboxylic acids is 1. The van der Waals surface area contributed by atoms with E-state index in [0.717, 1.165) is 54.9 Å². The number of hydrogen-bond donors (Lipinski definition) is 0. The van der Waals surface area contributed by atoms with Gasteiger partial charge in [-0.1, -0.05) is 49.6 Å². The van der Waals surface area contributed by atoms with Gasteiger partial charge in [0.1, 0.15) is 11.5 Å². The predicted octanol–water partition coefficient (Wildman–Crippen LogP) is 5.50. The minimum absolute atomic E-state index is 0. The van der Waals surface area contributed by atoms with Gasteiger partial charge in [-0.2, -0.15) is 0 Å². The van der Waals surface area contributed by atoms with E-state index in [9.17, 15) is 8.78 Å². The van der Waals surface area contributed by atoms with Crippen LogP contribution in [-0.4, -0.2) is 15.1 Å². The van der Waals surface area contributed by atoms with Crippen LogP contribution in [0.5, 0.6) is 11.5 Å². The van der Waals surface area contributed by atoms with Gasteiger partial charge in [0.2, 0.25) is 0 Å². The van der Waals surface area contributed by atoms with Crippen molar-refractivity contribution in [3.8, 4) is 34.0 Å². The zero-order valence-corrected chi connectivity index (χ0v) is 31.2. The van der Waals surface area contributed by atoms with Crippen LogP contribution < -0.4 is 66.0 Å². The number of fused-ring (bicyclic) bond motifs is 10. The van der Waals surface area contributed by atoms with Crippen molar-refractivity contribution in [2.75, 3.05) is 0 Å². The molecular formula is C34H25Br2F2KN2O4. The normalized spacial score (nSPS) is 12.1. The summed E-state index contributed by atoms with van der Waals surface area (Å²) in [5.74, 6) is 0.0221. The predicted molar refractivity (Wildman–Crippen MR) is 171 cm³/mol. The molecule has 0 spiro atoms. The molecule has 0 N–H and O–H groups in total. The Kier molecular flexibility index (Phi) is 10.3. The molecule has 4 aromatic carbocycles. The van der Waals surface area contributed by atoms with Gasteiger partial charge in [0, 0.05) is 36.8 Å². The second kappa shape index (κ2) is 13.7. The fourth-order valence-electron chi connectivity index (χ4n) is 5.53. The fraction of sp³-hybridized carbons (Fsp3) is 0.147. The van der Waals surface area contributed by atoms with E-state index < -0.39 is 5.97 Å². The summed E-state index contributed by atoms with van der Waals surface area (Å²) in [7, 11) is 0. The van der Waals surface area contributed by atoms with Crippen molar-refractivity contribution in [1.29, 1.82) is 0 Å². The minimum Gasteiger partial charge on any atom is -0.550 e. The molecule has 8 rings (SSSR count).